The first-order valence-electron chi connectivity index (χ1n) is 15.8. The molecule has 1 spiro atoms. The van der Waals surface area contributed by atoms with E-state index in [1.165, 1.54) is 11.1 Å². The number of halogens is 1. The van der Waals surface area contributed by atoms with E-state index in [-0.39, 0.29) is 23.2 Å². The van der Waals surface area contributed by atoms with Gasteiger partial charge >= 0.3 is 0 Å². The molecule has 0 aromatic heterocycles. The Morgan fingerprint density at radius 2 is 2.02 bits per heavy atom. The molecule has 2 heterocycles. The molecule has 0 saturated heterocycles. The zero-order valence-electron chi connectivity index (χ0n) is 25.1. The van der Waals surface area contributed by atoms with Crippen LogP contribution in [0.1, 0.15) is 80.3 Å². The number of carbonyl (C=O) groups is 1. The maximum absolute atomic E-state index is 13.5. The number of carbonyl (C=O) groups excluding carboxylic acids is 1. The molecule has 6 rings (SSSR count). The van der Waals surface area contributed by atoms with Gasteiger partial charge in [0.1, 0.15) is 5.75 Å². The van der Waals surface area contributed by atoms with E-state index in [9.17, 15) is 18.3 Å². The van der Waals surface area contributed by atoms with Gasteiger partial charge in [-0.05, 0) is 104 Å². The second-order valence-corrected chi connectivity index (χ2v) is 15.6. The van der Waals surface area contributed by atoms with Gasteiger partial charge < -0.3 is 14.7 Å². The standard InChI is InChI=1S/C34H43ClN2O5S/c1-3-6-32-22(2)7-4-9-30(38)27-13-10-25(27)19-37-20-34(16-5-8-23-17-26(35)12-14-28(23)34)21-42-31-15-11-24(18-29(31)37)33(39)36-43(32,40)41/h4,9,11-12,14-15,17-18,22,25,27,30,32,38H,3,5-8,10,13,16,19-21H2,1-2H3,(H,36,39)/b9-4+/t22-,25+,27-,30+,32-,34+/m1/s1. The summed E-state index contributed by atoms with van der Waals surface area (Å²) in [7, 11) is -3.93. The van der Waals surface area contributed by atoms with Gasteiger partial charge in [-0.2, -0.15) is 0 Å². The minimum Gasteiger partial charge on any atom is -0.490 e. The molecule has 6 atom stereocenters. The zero-order chi connectivity index (χ0) is 30.4. The minimum atomic E-state index is -3.93. The van der Waals surface area contributed by atoms with Gasteiger partial charge in [0.25, 0.3) is 5.91 Å². The van der Waals surface area contributed by atoms with Gasteiger partial charge in [-0.1, -0.05) is 50.1 Å². The number of hydrogen-bond donors (Lipinski definition) is 2. The van der Waals surface area contributed by atoms with Crippen LogP contribution in [0.4, 0.5) is 5.69 Å². The molecule has 2 aromatic carbocycles. The third-order valence-corrected chi connectivity index (χ3v) is 12.6. The predicted molar refractivity (Wildman–Crippen MR) is 170 cm³/mol. The van der Waals surface area contributed by atoms with Crippen molar-refractivity contribution in [1.29, 1.82) is 0 Å². The molecule has 9 heteroatoms. The van der Waals surface area contributed by atoms with Crippen LogP contribution in [-0.2, 0) is 21.9 Å². The second-order valence-electron chi connectivity index (χ2n) is 13.2. The highest BCUT2D eigenvalue weighted by atomic mass is 35.5. The van der Waals surface area contributed by atoms with E-state index in [4.69, 9.17) is 16.3 Å². The minimum absolute atomic E-state index is 0.127. The van der Waals surface area contributed by atoms with Crippen LogP contribution in [-0.4, -0.2) is 50.5 Å². The summed E-state index contributed by atoms with van der Waals surface area (Å²) in [4.78, 5) is 15.8. The molecule has 2 aromatic rings. The van der Waals surface area contributed by atoms with Gasteiger partial charge in [-0.3, -0.25) is 4.79 Å². The van der Waals surface area contributed by atoms with Gasteiger partial charge in [-0.25, -0.2) is 13.1 Å². The van der Waals surface area contributed by atoms with E-state index < -0.39 is 27.3 Å². The molecule has 1 fully saturated rings. The van der Waals surface area contributed by atoms with Gasteiger partial charge in [0.15, 0.2) is 0 Å². The first kappa shape index (κ1) is 30.5. The number of allylic oxidation sites excluding steroid dienone is 1. The highest BCUT2D eigenvalue weighted by molar-refractivity contribution is 7.90. The Hall–Kier alpha value is -2.55. The van der Waals surface area contributed by atoms with Gasteiger partial charge in [0.2, 0.25) is 10.0 Å². The average molecular weight is 627 g/mol. The zero-order valence-corrected chi connectivity index (χ0v) is 26.7. The van der Waals surface area contributed by atoms with E-state index in [0.717, 1.165) is 49.4 Å². The quantitative estimate of drug-likeness (QED) is 0.396. The van der Waals surface area contributed by atoms with Crippen LogP contribution in [0.3, 0.4) is 0 Å². The van der Waals surface area contributed by atoms with Crippen LogP contribution >= 0.6 is 11.6 Å². The van der Waals surface area contributed by atoms with Crippen LogP contribution in [0, 0.1) is 17.8 Å². The monoisotopic (exact) mass is 626 g/mol. The molecule has 7 nitrogen and oxygen atoms in total. The molecule has 0 radical (unpaired) electrons. The van der Waals surface area contributed by atoms with E-state index in [2.05, 4.69) is 21.8 Å². The molecule has 2 N–H and O–H groups in total. The molecular formula is C34H43ClN2O5S. The summed E-state index contributed by atoms with van der Waals surface area (Å²) in [5.41, 5.74) is 3.35. The molecule has 1 saturated carbocycles. The Labute approximate surface area is 260 Å². The van der Waals surface area contributed by atoms with Crippen LogP contribution < -0.4 is 14.4 Å². The number of aliphatic hydroxyl groups is 1. The number of benzene rings is 2. The number of anilines is 1. The lowest BCUT2D eigenvalue weighted by molar-refractivity contribution is 0.0455. The largest absolute Gasteiger partial charge is 0.490 e. The number of hydrogen-bond acceptors (Lipinski definition) is 6. The van der Waals surface area contributed by atoms with E-state index in [1.807, 2.05) is 32.1 Å². The summed E-state index contributed by atoms with van der Waals surface area (Å²) in [6, 6.07) is 11.4. The highest BCUT2D eigenvalue weighted by Crippen LogP contribution is 2.46. The molecule has 232 valence electrons. The van der Waals surface area contributed by atoms with Crippen molar-refractivity contribution in [3.05, 3.63) is 70.3 Å². The summed E-state index contributed by atoms with van der Waals surface area (Å²) in [5.74, 6) is 0.271. The lowest BCUT2D eigenvalue weighted by Gasteiger charge is -2.45. The number of rotatable bonds is 2. The molecule has 4 aliphatic rings. The van der Waals surface area contributed by atoms with Gasteiger partial charge in [0, 0.05) is 29.1 Å². The lowest BCUT2D eigenvalue weighted by atomic mass is 9.68. The third kappa shape index (κ3) is 5.95. The van der Waals surface area contributed by atoms with Crippen LogP contribution in [0.2, 0.25) is 5.02 Å². The number of sulfonamides is 1. The molecule has 2 aliphatic carbocycles. The van der Waals surface area contributed by atoms with Crippen molar-refractivity contribution in [1.82, 2.24) is 4.72 Å². The maximum Gasteiger partial charge on any atom is 0.264 e. The van der Waals surface area contributed by atoms with Crippen molar-refractivity contribution >= 4 is 33.2 Å². The summed E-state index contributed by atoms with van der Waals surface area (Å²) in [6.45, 7) is 5.77. The number of amides is 1. The van der Waals surface area contributed by atoms with Gasteiger partial charge in [-0.15, -0.1) is 0 Å². The number of nitrogens with zero attached hydrogens (tertiary/aromatic N) is 1. The summed E-state index contributed by atoms with van der Waals surface area (Å²) in [5, 5.41) is 11.2. The third-order valence-electron chi connectivity index (χ3n) is 10.4. The van der Waals surface area contributed by atoms with Crippen LogP contribution in [0.25, 0.3) is 0 Å². The van der Waals surface area contributed by atoms with Crippen molar-refractivity contribution in [2.24, 2.45) is 17.8 Å². The first-order chi connectivity index (χ1) is 20.6. The van der Waals surface area contributed by atoms with E-state index in [0.29, 0.717) is 43.7 Å². The fourth-order valence-electron chi connectivity index (χ4n) is 7.83. The average Bonchev–Trinajstić information content (AvgIpc) is 3.10. The number of fused-ring (bicyclic) bond motifs is 4. The fourth-order valence-corrected chi connectivity index (χ4v) is 9.82. The van der Waals surface area contributed by atoms with E-state index >= 15 is 0 Å². The Morgan fingerprint density at radius 3 is 2.79 bits per heavy atom. The van der Waals surface area contributed by atoms with Crippen LogP contribution in [0.5, 0.6) is 5.75 Å². The fraction of sp³-hybridized carbons (Fsp3) is 0.559. The topological polar surface area (TPSA) is 95.9 Å². The second kappa shape index (κ2) is 12.1. The Balaban J connectivity index is 1.42. The van der Waals surface area contributed by atoms with Crippen molar-refractivity contribution in [3.63, 3.8) is 0 Å². The summed E-state index contributed by atoms with van der Waals surface area (Å²) < 4.78 is 36.0. The Bertz CT molecular complexity index is 1510. The molecule has 2 bridgehead atoms. The Morgan fingerprint density at radius 1 is 1.19 bits per heavy atom. The number of nitrogens with one attached hydrogen (secondary N) is 1. The first-order valence-corrected chi connectivity index (χ1v) is 17.7. The van der Waals surface area contributed by atoms with Crippen molar-refractivity contribution < 1.29 is 23.1 Å². The van der Waals surface area contributed by atoms with Crippen molar-refractivity contribution in [3.8, 4) is 5.75 Å². The van der Waals surface area contributed by atoms with E-state index in [1.54, 1.807) is 18.2 Å². The molecule has 43 heavy (non-hydrogen) atoms. The Kier molecular flexibility index (Phi) is 8.57. The molecular weight excluding hydrogens is 584 g/mol. The maximum atomic E-state index is 13.5. The lowest BCUT2D eigenvalue weighted by Crippen LogP contribution is -2.49. The van der Waals surface area contributed by atoms with Crippen molar-refractivity contribution in [2.45, 2.75) is 82.0 Å². The number of ether oxygens (including phenoxy) is 1. The van der Waals surface area contributed by atoms with Gasteiger partial charge in [0.05, 0.1) is 23.6 Å². The predicted octanol–water partition coefficient (Wildman–Crippen LogP) is 6.02. The SMILES string of the molecule is CCC[C@@H]1[C@H](C)C/C=C/[C@H](O)[C@@H]2CC[C@H]2CN2C[C@@]3(CCCc4cc(Cl)ccc43)COc3ccc(cc32)C(=O)NS1(=O)=O. The number of aryl methyl sites for hydroxylation is 1. The summed E-state index contributed by atoms with van der Waals surface area (Å²) >= 11 is 6.39. The highest BCUT2D eigenvalue weighted by Gasteiger charge is 2.44. The molecule has 0 unspecified atom stereocenters. The smallest absolute Gasteiger partial charge is 0.264 e. The van der Waals surface area contributed by atoms with Crippen LogP contribution in [0.15, 0.2) is 48.6 Å². The van der Waals surface area contributed by atoms with Crippen molar-refractivity contribution in [2.75, 3.05) is 24.6 Å². The molecule has 1 amide bonds. The summed E-state index contributed by atoms with van der Waals surface area (Å²) in [6.07, 6.45) is 9.79. The number of aliphatic hydroxyl groups excluding tert-OH is 1. The molecule has 2 aliphatic heterocycles. The normalized spacial score (nSPS) is 32.8.